The first-order valence-corrected chi connectivity index (χ1v) is 7.35. The van der Waals surface area contributed by atoms with Gasteiger partial charge in [0.2, 0.25) is 0 Å². The van der Waals surface area contributed by atoms with Gasteiger partial charge in [0.25, 0.3) is 0 Å². The Labute approximate surface area is 108 Å². The van der Waals surface area contributed by atoms with Gasteiger partial charge >= 0.3 is 0 Å². The minimum absolute atomic E-state index is 0.224. The topological polar surface area (TPSA) is 29.1 Å². The van der Waals surface area contributed by atoms with Gasteiger partial charge in [0, 0.05) is 12.3 Å². The Balaban J connectivity index is 3.06. The summed E-state index contributed by atoms with van der Waals surface area (Å²) >= 11 is 0. The molecule has 0 radical (unpaired) electrons. The van der Waals surface area contributed by atoms with E-state index in [1.807, 2.05) is 20.9 Å². The third-order valence-corrected chi connectivity index (χ3v) is 3.24. The van der Waals surface area contributed by atoms with E-state index in [1.165, 1.54) is 44.9 Å². The largest absolute Gasteiger partial charge is 0.320 e. The molecule has 0 spiro atoms. The fourth-order valence-corrected chi connectivity index (χ4v) is 1.95. The molecule has 0 bridgehead atoms. The Hall–Kier alpha value is -0.370. The second-order valence-electron chi connectivity index (χ2n) is 5.30. The molecular weight excluding hydrogens is 210 g/mol. The molecule has 0 aromatic rings. The van der Waals surface area contributed by atoms with Gasteiger partial charge < -0.3 is 5.32 Å². The van der Waals surface area contributed by atoms with E-state index in [0.29, 0.717) is 5.78 Å². The van der Waals surface area contributed by atoms with Gasteiger partial charge in [0.1, 0.15) is 5.78 Å². The highest BCUT2D eigenvalue weighted by atomic mass is 16.1. The van der Waals surface area contributed by atoms with Crippen molar-refractivity contribution in [1.82, 2.24) is 5.32 Å². The summed E-state index contributed by atoms with van der Waals surface area (Å²) in [5.41, 5.74) is 0. The zero-order valence-electron chi connectivity index (χ0n) is 12.1. The lowest BCUT2D eigenvalue weighted by molar-refractivity contribution is -0.122. The molecule has 0 saturated heterocycles. The molecule has 0 heterocycles. The molecule has 0 aliphatic heterocycles. The van der Waals surface area contributed by atoms with E-state index < -0.39 is 0 Å². The van der Waals surface area contributed by atoms with Crippen molar-refractivity contribution in [3.05, 3.63) is 0 Å². The third-order valence-electron chi connectivity index (χ3n) is 3.24. The van der Waals surface area contributed by atoms with Crippen LogP contribution in [0.25, 0.3) is 0 Å². The third kappa shape index (κ3) is 11.9. The molecule has 0 aromatic carbocycles. The number of nitrogens with one attached hydrogen (secondary N) is 1. The SMILES string of the molecule is CNCCCCCCCCCCC(=O)C(C)C. The predicted molar refractivity (Wildman–Crippen MR) is 75.3 cm³/mol. The Kier molecular flexibility index (Phi) is 11.8. The summed E-state index contributed by atoms with van der Waals surface area (Å²) in [6, 6.07) is 0. The van der Waals surface area contributed by atoms with Crippen molar-refractivity contribution < 1.29 is 4.79 Å². The molecule has 2 nitrogen and oxygen atoms in total. The molecule has 0 aliphatic carbocycles. The van der Waals surface area contributed by atoms with Crippen LogP contribution in [-0.4, -0.2) is 19.4 Å². The van der Waals surface area contributed by atoms with E-state index in [1.54, 1.807) is 0 Å². The predicted octanol–water partition coefficient (Wildman–Crippen LogP) is 3.94. The van der Waals surface area contributed by atoms with Gasteiger partial charge in [0.05, 0.1) is 0 Å². The van der Waals surface area contributed by atoms with Crippen LogP contribution in [0.1, 0.15) is 71.6 Å². The number of rotatable bonds is 12. The van der Waals surface area contributed by atoms with Crippen molar-refractivity contribution in [3.8, 4) is 0 Å². The highest BCUT2D eigenvalue weighted by Crippen LogP contribution is 2.11. The zero-order valence-corrected chi connectivity index (χ0v) is 12.1. The second kappa shape index (κ2) is 12.1. The molecule has 0 amide bonds. The number of unbranched alkanes of at least 4 members (excludes halogenated alkanes) is 7. The first kappa shape index (κ1) is 16.6. The minimum atomic E-state index is 0.224. The average molecular weight is 241 g/mol. The standard InChI is InChI=1S/C15H31NO/c1-14(2)15(17)12-10-8-6-4-5-7-9-11-13-16-3/h14,16H,4-13H2,1-3H3. The molecule has 17 heavy (non-hydrogen) atoms. The van der Waals surface area contributed by atoms with Crippen molar-refractivity contribution in [2.75, 3.05) is 13.6 Å². The van der Waals surface area contributed by atoms with E-state index in [4.69, 9.17) is 0 Å². The number of hydrogen-bond donors (Lipinski definition) is 1. The normalized spacial score (nSPS) is 11.1. The monoisotopic (exact) mass is 241 g/mol. The van der Waals surface area contributed by atoms with Crippen LogP contribution in [0.3, 0.4) is 0 Å². The number of carbonyl (C=O) groups is 1. The van der Waals surface area contributed by atoms with E-state index in [-0.39, 0.29) is 5.92 Å². The Morgan fingerprint density at radius 3 is 1.82 bits per heavy atom. The molecule has 2 heteroatoms. The molecule has 0 atom stereocenters. The first-order chi connectivity index (χ1) is 8.18. The number of hydrogen-bond acceptors (Lipinski definition) is 2. The molecule has 102 valence electrons. The summed E-state index contributed by atoms with van der Waals surface area (Å²) in [6.45, 7) is 5.14. The zero-order chi connectivity index (χ0) is 12.9. The quantitative estimate of drug-likeness (QED) is 0.524. The Morgan fingerprint density at radius 1 is 0.882 bits per heavy atom. The summed E-state index contributed by atoms with van der Waals surface area (Å²) in [5.74, 6) is 0.652. The maximum atomic E-state index is 11.4. The fraction of sp³-hybridized carbons (Fsp3) is 0.933. The van der Waals surface area contributed by atoms with Crippen molar-refractivity contribution in [2.45, 2.75) is 71.6 Å². The van der Waals surface area contributed by atoms with Crippen LogP contribution in [-0.2, 0) is 4.79 Å². The van der Waals surface area contributed by atoms with Crippen LogP contribution in [0, 0.1) is 5.92 Å². The second-order valence-corrected chi connectivity index (χ2v) is 5.30. The van der Waals surface area contributed by atoms with Crippen LogP contribution < -0.4 is 5.32 Å². The van der Waals surface area contributed by atoms with Gasteiger partial charge in [-0.2, -0.15) is 0 Å². The van der Waals surface area contributed by atoms with E-state index in [0.717, 1.165) is 19.4 Å². The smallest absolute Gasteiger partial charge is 0.135 e. The lowest BCUT2D eigenvalue weighted by Gasteiger charge is -2.04. The summed E-state index contributed by atoms with van der Waals surface area (Å²) < 4.78 is 0. The maximum absolute atomic E-state index is 11.4. The highest BCUT2D eigenvalue weighted by molar-refractivity contribution is 5.80. The van der Waals surface area contributed by atoms with Gasteiger partial charge in [-0.15, -0.1) is 0 Å². The lowest BCUT2D eigenvalue weighted by Crippen LogP contribution is -2.06. The molecule has 0 aromatic heterocycles. The summed E-state index contributed by atoms with van der Waals surface area (Å²) in [5, 5.41) is 3.17. The summed E-state index contributed by atoms with van der Waals surface area (Å²) in [6.07, 6.45) is 11.2. The van der Waals surface area contributed by atoms with Crippen molar-refractivity contribution >= 4 is 5.78 Å². The van der Waals surface area contributed by atoms with Gasteiger partial charge in [0.15, 0.2) is 0 Å². The number of Topliss-reactive ketones (excluding diaryl/α,β-unsaturated/α-hetero) is 1. The van der Waals surface area contributed by atoms with E-state index in [9.17, 15) is 4.79 Å². The van der Waals surface area contributed by atoms with E-state index >= 15 is 0 Å². The lowest BCUT2D eigenvalue weighted by atomic mass is 10.0. The Morgan fingerprint density at radius 2 is 1.35 bits per heavy atom. The molecule has 0 aliphatic rings. The Bertz CT molecular complexity index is 178. The highest BCUT2D eigenvalue weighted by Gasteiger charge is 2.05. The van der Waals surface area contributed by atoms with Crippen LogP contribution in [0.2, 0.25) is 0 Å². The molecule has 0 saturated carbocycles. The maximum Gasteiger partial charge on any atom is 0.135 e. The van der Waals surface area contributed by atoms with Gasteiger partial charge in [-0.25, -0.2) is 0 Å². The molecule has 1 N–H and O–H groups in total. The van der Waals surface area contributed by atoms with Crippen LogP contribution >= 0.6 is 0 Å². The first-order valence-electron chi connectivity index (χ1n) is 7.35. The van der Waals surface area contributed by atoms with Crippen molar-refractivity contribution in [3.63, 3.8) is 0 Å². The summed E-state index contributed by atoms with van der Waals surface area (Å²) in [4.78, 5) is 11.4. The number of carbonyl (C=O) groups excluding carboxylic acids is 1. The molecular formula is C15H31NO. The van der Waals surface area contributed by atoms with Crippen molar-refractivity contribution in [1.29, 1.82) is 0 Å². The van der Waals surface area contributed by atoms with Gasteiger partial charge in [-0.1, -0.05) is 52.4 Å². The van der Waals surface area contributed by atoms with E-state index in [2.05, 4.69) is 5.32 Å². The van der Waals surface area contributed by atoms with Crippen LogP contribution in [0.4, 0.5) is 0 Å². The molecule has 0 rings (SSSR count). The van der Waals surface area contributed by atoms with Crippen LogP contribution in [0.15, 0.2) is 0 Å². The van der Waals surface area contributed by atoms with Gasteiger partial charge in [-0.05, 0) is 26.4 Å². The van der Waals surface area contributed by atoms with Crippen LogP contribution in [0.5, 0.6) is 0 Å². The van der Waals surface area contributed by atoms with Gasteiger partial charge in [-0.3, -0.25) is 4.79 Å². The molecule has 0 fully saturated rings. The number of ketones is 1. The summed E-state index contributed by atoms with van der Waals surface area (Å²) in [7, 11) is 2.01. The minimum Gasteiger partial charge on any atom is -0.320 e. The van der Waals surface area contributed by atoms with Crippen molar-refractivity contribution in [2.24, 2.45) is 5.92 Å². The molecule has 0 unspecified atom stereocenters. The average Bonchev–Trinajstić information content (AvgIpc) is 2.31. The fourth-order valence-electron chi connectivity index (χ4n) is 1.95.